The Morgan fingerprint density at radius 2 is 1.68 bits per heavy atom. The van der Waals surface area contributed by atoms with Crippen LogP contribution < -0.4 is 19.7 Å². The number of para-hydroxylation sites is 1. The number of halogens is 1. The summed E-state index contributed by atoms with van der Waals surface area (Å²) in [5.41, 5.74) is 1.18. The van der Waals surface area contributed by atoms with Gasteiger partial charge in [0.15, 0.2) is 11.5 Å². The molecule has 2 fully saturated rings. The van der Waals surface area contributed by atoms with Crippen molar-refractivity contribution in [3.05, 3.63) is 53.1 Å². The number of ether oxygens (including phenoxy) is 2. The second-order valence-electron chi connectivity index (χ2n) is 8.43. The Morgan fingerprint density at radius 1 is 0.941 bits per heavy atom. The van der Waals surface area contributed by atoms with Crippen LogP contribution in [0, 0.1) is 0 Å². The summed E-state index contributed by atoms with van der Waals surface area (Å²) in [7, 11) is 0. The quantitative estimate of drug-likeness (QED) is 0.723. The van der Waals surface area contributed by atoms with Crippen LogP contribution >= 0.6 is 11.6 Å². The normalized spacial score (nSPS) is 19.9. The smallest absolute Gasteiger partial charge is 0.318 e. The highest BCUT2D eigenvalue weighted by atomic mass is 35.5. The molecule has 1 N–H and O–H groups in total. The van der Waals surface area contributed by atoms with Crippen LogP contribution in [-0.2, 0) is 4.79 Å². The lowest BCUT2D eigenvalue weighted by Crippen LogP contribution is -2.58. The molecule has 0 bridgehead atoms. The van der Waals surface area contributed by atoms with E-state index in [4.69, 9.17) is 21.1 Å². The highest BCUT2D eigenvalue weighted by Crippen LogP contribution is 2.33. The Bertz CT molecular complexity index is 1120. The number of anilines is 1. The number of nitrogens with one attached hydrogen (secondary N) is 1. The minimum Gasteiger partial charge on any atom is -0.454 e. The second-order valence-corrected chi connectivity index (χ2v) is 8.84. The molecule has 0 aromatic heterocycles. The van der Waals surface area contributed by atoms with Gasteiger partial charge in [0.25, 0.3) is 5.91 Å². The maximum Gasteiger partial charge on any atom is 0.318 e. The monoisotopic (exact) mass is 484 g/mol. The van der Waals surface area contributed by atoms with Gasteiger partial charge in [0.2, 0.25) is 12.7 Å². The van der Waals surface area contributed by atoms with Crippen LogP contribution in [0.5, 0.6) is 11.5 Å². The van der Waals surface area contributed by atoms with Gasteiger partial charge in [-0.15, -0.1) is 0 Å². The Balaban J connectivity index is 1.16. The van der Waals surface area contributed by atoms with E-state index in [1.807, 2.05) is 12.1 Å². The van der Waals surface area contributed by atoms with Gasteiger partial charge in [-0.05, 0) is 43.2 Å². The number of urea groups is 1. The summed E-state index contributed by atoms with van der Waals surface area (Å²) in [6.45, 7) is 2.31. The number of hydrogen-bond donors (Lipinski definition) is 1. The lowest BCUT2D eigenvalue weighted by Gasteiger charge is -2.37. The molecule has 2 saturated heterocycles. The largest absolute Gasteiger partial charge is 0.454 e. The number of rotatable bonds is 3. The molecule has 0 radical (unpaired) electrons. The molecule has 1 atom stereocenters. The maximum absolute atomic E-state index is 13.0. The number of benzene rings is 2. The van der Waals surface area contributed by atoms with Crippen LogP contribution in [0.3, 0.4) is 0 Å². The van der Waals surface area contributed by atoms with E-state index in [0.29, 0.717) is 66.9 Å². The number of carbonyl (C=O) groups excluding carboxylic acids is 3. The zero-order chi connectivity index (χ0) is 23.7. The van der Waals surface area contributed by atoms with Crippen molar-refractivity contribution >= 4 is 35.1 Å². The Hall–Kier alpha value is -3.46. The predicted molar refractivity (Wildman–Crippen MR) is 125 cm³/mol. The fourth-order valence-electron chi connectivity index (χ4n) is 4.48. The first-order chi connectivity index (χ1) is 16.5. The minimum atomic E-state index is -0.606. The van der Waals surface area contributed by atoms with Crippen LogP contribution in [0.4, 0.5) is 10.5 Å². The molecule has 10 heteroatoms. The van der Waals surface area contributed by atoms with Crippen molar-refractivity contribution in [2.24, 2.45) is 0 Å². The molecule has 0 spiro atoms. The van der Waals surface area contributed by atoms with E-state index in [-0.39, 0.29) is 24.6 Å². The Labute approximate surface area is 202 Å². The van der Waals surface area contributed by atoms with E-state index < -0.39 is 6.04 Å². The zero-order valence-corrected chi connectivity index (χ0v) is 19.3. The molecular weight excluding hydrogens is 460 g/mol. The fourth-order valence-corrected chi connectivity index (χ4v) is 4.72. The molecule has 4 amide bonds. The molecule has 178 valence electrons. The summed E-state index contributed by atoms with van der Waals surface area (Å²) >= 11 is 6.27. The van der Waals surface area contributed by atoms with Crippen molar-refractivity contribution in [2.75, 3.05) is 44.4 Å². The first-order valence-electron chi connectivity index (χ1n) is 11.3. The van der Waals surface area contributed by atoms with E-state index >= 15 is 0 Å². The lowest BCUT2D eigenvalue weighted by atomic mass is 10.0. The maximum atomic E-state index is 13.0. The van der Waals surface area contributed by atoms with E-state index in [2.05, 4.69) is 5.32 Å². The van der Waals surface area contributed by atoms with Crippen LogP contribution in [0.2, 0.25) is 5.02 Å². The van der Waals surface area contributed by atoms with Crippen molar-refractivity contribution in [1.82, 2.24) is 15.1 Å². The SMILES string of the molecule is O=C(NC1CCCN(c2ccccc2Cl)C1=O)N1CCN(C(=O)c2ccc3c(c2)OCO3)CC1. The highest BCUT2D eigenvalue weighted by Gasteiger charge is 2.34. The Morgan fingerprint density at radius 3 is 2.47 bits per heavy atom. The minimum absolute atomic E-state index is 0.115. The predicted octanol–water partition coefficient (Wildman–Crippen LogP) is 2.73. The van der Waals surface area contributed by atoms with Crippen LogP contribution in [-0.4, -0.2) is 73.2 Å². The molecule has 5 rings (SSSR count). The Kier molecular flexibility index (Phi) is 6.19. The third-order valence-corrected chi connectivity index (χ3v) is 6.67. The van der Waals surface area contributed by atoms with Gasteiger partial charge in [-0.2, -0.15) is 0 Å². The summed E-state index contributed by atoms with van der Waals surface area (Å²) in [4.78, 5) is 43.8. The topological polar surface area (TPSA) is 91.4 Å². The molecule has 3 aliphatic rings. The van der Waals surface area contributed by atoms with Crippen molar-refractivity contribution in [2.45, 2.75) is 18.9 Å². The number of piperazine rings is 1. The highest BCUT2D eigenvalue weighted by molar-refractivity contribution is 6.33. The number of nitrogens with zero attached hydrogens (tertiary/aromatic N) is 3. The summed E-state index contributed by atoms with van der Waals surface area (Å²) in [6.07, 6.45) is 1.34. The number of carbonyl (C=O) groups is 3. The van der Waals surface area contributed by atoms with Crippen molar-refractivity contribution < 1.29 is 23.9 Å². The molecular formula is C24H25ClN4O5. The van der Waals surface area contributed by atoms with Crippen molar-refractivity contribution in [1.29, 1.82) is 0 Å². The number of fused-ring (bicyclic) bond motifs is 1. The van der Waals surface area contributed by atoms with Gasteiger partial charge in [0.1, 0.15) is 6.04 Å². The summed E-state index contributed by atoms with van der Waals surface area (Å²) in [5.74, 6) is 0.913. The van der Waals surface area contributed by atoms with Gasteiger partial charge in [0.05, 0.1) is 10.7 Å². The van der Waals surface area contributed by atoms with E-state index in [1.165, 1.54) is 0 Å². The van der Waals surface area contributed by atoms with Crippen LogP contribution in [0.15, 0.2) is 42.5 Å². The number of hydrogen-bond acceptors (Lipinski definition) is 5. The number of amides is 4. The molecule has 2 aromatic rings. The first kappa shape index (κ1) is 22.3. The van der Waals surface area contributed by atoms with Crippen molar-refractivity contribution in [3.8, 4) is 11.5 Å². The molecule has 0 saturated carbocycles. The molecule has 34 heavy (non-hydrogen) atoms. The molecule has 3 aliphatic heterocycles. The lowest BCUT2D eigenvalue weighted by molar-refractivity contribution is -0.121. The van der Waals surface area contributed by atoms with E-state index in [9.17, 15) is 14.4 Å². The molecule has 1 unspecified atom stereocenters. The van der Waals surface area contributed by atoms with Crippen LogP contribution in [0.25, 0.3) is 0 Å². The average Bonchev–Trinajstić information content (AvgIpc) is 3.33. The van der Waals surface area contributed by atoms with Crippen molar-refractivity contribution in [3.63, 3.8) is 0 Å². The van der Waals surface area contributed by atoms with Gasteiger partial charge < -0.3 is 29.5 Å². The first-order valence-corrected chi connectivity index (χ1v) is 11.7. The molecule has 2 aromatic carbocycles. The van der Waals surface area contributed by atoms with Gasteiger partial charge in [-0.3, -0.25) is 9.59 Å². The molecule has 3 heterocycles. The molecule has 0 aliphatic carbocycles. The average molecular weight is 485 g/mol. The van der Waals surface area contributed by atoms with Gasteiger partial charge in [-0.1, -0.05) is 23.7 Å². The van der Waals surface area contributed by atoms with E-state index in [1.54, 1.807) is 45.0 Å². The standard InChI is InChI=1S/C24H25ClN4O5/c25-17-4-1-2-6-19(17)29-9-3-5-18(23(29)31)26-24(32)28-12-10-27(11-13-28)22(30)16-7-8-20-21(14-16)34-15-33-20/h1-2,4,6-8,14,18H,3,5,9-13,15H2,(H,26,32). The van der Waals surface area contributed by atoms with Gasteiger partial charge >= 0.3 is 6.03 Å². The summed E-state index contributed by atoms with van der Waals surface area (Å²) < 4.78 is 10.7. The third kappa shape index (κ3) is 4.35. The number of piperidine rings is 1. The zero-order valence-electron chi connectivity index (χ0n) is 18.5. The van der Waals surface area contributed by atoms with Gasteiger partial charge in [0, 0.05) is 38.3 Å². The van der Waals surface area contributed by atoms with E-state index in [0.717, 1.165) is 6.42 Å². The molecule has 9 nitrogen and oxygen atoms in total. The summed E-state index contributed by atoms with van der Waals surface area (Å²) in [5, 5.41) is 3.39. The fraction of sp³-hybridized carbons (Fsp3) is 0.375. The van der Waals surface area contributed by atoms with Gasteiger partial charge in [-0.25, -0.2) is 4.79 Å². The van der Waals surface area contributed by atoms with Crippen LogP contribution in [0.1, 0.15) is 23.2 Å². The second kappa shape index (κ2) is 9.42. The third-order valence-electron chi connectivity index (χ3n) is 6.35. The summed E-state index contributed by atoms with van der Waals surface area (Å²) in [6, 6.07) is 11.4.